The predicted molar refractivity (Wildman–Crippen MR) is 112 cm³/mol. The van der Waals surface area contributed by atoms with Gasteiger partial charge >= 0.3 is 6.18 Å². The number of methoxy groups -OCH3 is 1. The van der Waals surface area contributed by atoms with E-state index in [-0.39, 0.29) is 16.6 Å². The number of nitrogens with zero attached hydrogens (tertiary/aromatic N) is 2. The van der Waals surface area contributed by atoms with Gasteiger partial charge in [-0.1, -0.05) is 23.7 Å². The fourth-order valence-corrected chi connectivity index (χ4v) is 3.28. The van der Waals surface area contributed by atoms with E-state index < -0.39 is 11.7 Å². The molecule has 0 saturated carbocycles. The van der Waals surface area contributed by atoms with E-state index >= 15 is 0 Å². The van der Waals surface area contributed by atoms with E-state index in [1.165, 1.54) is 10.6 Å². The largest absolute Gasteiger partial charge is 0.497 e. The first-order chi connectivity index (χ1) is 14.7. The zero-order valence-corrected chi connectivity index (χ0v) is 16.8. The first kappa shape index (κ1) is 20.7. The lowest BCUT2D eigenvalue weighted by Crippen LogP contribution is -2.11. The second-order valence-corrected chi connectivity index (χ2v) is 7.10. The first-order valence-corrected chi connectivity index (χ1v) is 9.44. The van der Waals surface area contributed by atoms with Crippen LogP contribution < -0.4 is 10.1 Å². The van der Waals surface area contributed by atoms with Gasteiger partial charge in [-0.05, 0) is 42.5 Å². The van der Waals surface area contributed by atoms with Crippen LogP contribution in [0.2, 0.25) is 5.02 Å². The monoisotopic (exact) mass is 445 g/mol. The van der Waals surface area contributed by atoms with Crippen molar-refractivity contribution in [2.24, 2.45) is 0 Å². The summed E-state index contributed by atoms with van der Waals surface area (Å²) >= 11 is 5.99. The van der Waals surface area contributed by atoms with Crippen LogP contribution in [0.25, 0.3) is 16.9 Å². The van der Waals surface area contributed by atoms with Crippen LogP contribution in [-0.4, -0.2) is 22.4 Å². The summed E-state index contributed by atoms with van der Waals surface area (Å²) in [5.41, 5.74) is 1.52. The molecular weight excluding hydrogens is 431 g/mol. The highest BCUT2D eigenvalue weighted by molar-refractivity contribution is 6.33. The third kappa shape index (κ3) is 4.34. The average Bonchev–Trinajstić information content (AvgIpc) is 3.19. The summed E-state index contributed by atoms with van der Waals surface area (Å²) in [6.45, 7) is 0. The van der Waals surface area contributed by atoms with Crippen molar-refractivity contribution >= 4 is 28.8 Å². The minimum Gasteiger partial charge on any atom is -0.497 e. The van der Waals surface area contributed by atoms with Crippen LogP contribution >= 0.6 is 11.6 Å². The fraction of sp³-hybridized carbons (Fsp3) is 0.0909. The Balaban J connectivity index is 1.55. The third-order valence-electron chi connectivity index (χ3n) is 4.62. The minimum absolute atomic E-state index is 0.0931. The van der Waals surface area contributed by atoms with Crippen LogP contribution in [-0.2, 0) is 6.18 Å². The molecule has 0 aliphatic rings. The van der Waals surface area contributed by atoms with E-state index in [1.54, 1.807) is 55.6 Å². The van der Waals surface area contributed by atoms with E-state index in [9.17, 15) is 18.0 Å². The van der Waals surface area contributed by atoms with Crippen molar-refractivity contribution in [1.29, 1.82) is 0 Å². The van der Waals surface area contributed by atoms with Crippen molar-refractivity contribution < 1.29 is 22.7 Å². The Hall–Kier alpha value is -3.52. The number of benzene rings is 2. The molecule has 0 atom stereocenters. The summed E-state index contributed by atoms with van der Waals surface area (Å²) in [4.78, 5) is 16.7. The van der Waals surface area contributed by atoms with Crippen molar-refractivity contribution in [2.75, 3.05) is 12.4 Å². The summed E-state index contributed by atoms with van der Waals surface area (Å²) in [5, 5.41) is 2.69. The van der Waals surface area contributed by atoms with Crippen molar-refractivity contribution in [2.45, 2.75) is 6.18 Å². The number of fused-ring (bicyclic) bond motifs is 1. The van der Waals surface area contributed by atoms with Crippen LogP contribution in [0.5, 0.6) is 5.75 Å². The first-order valence-electron chi connectivity index (χ1n) is 9.06. The maximum atomic E-state index is 13.0. The number of nitrogens with one attached hydrogen (secondary N) is 1. The van der Waals surface area contributed by atoms with Gasteiger partial charge in [0.05, 0.1) is 23.4 Å². The molecule has 0 radical (unpaired) electrons. The molecule has 2 heterocycles. The van der Waals surface area contributed by atoms with E-state index in [0.717, 1.165) is 12.3 Å². The van der Waals surface area contributed by atoms with E-state index in [0.29, 0.717) is 28.3 Å². The number of halogens is 4. The topological polar surface area (TPSA) is 55.6 Å². The number of carbonyl (C=O) groups is 1. The van der Waals surface area contributed by atoms with Gasteiger partial charge in [0.15, 0.2) is 5.65 Å². The van der Waals surface area contributed by atoms with Gasteiger partial charge in [0.25, 0.3) is 5.91 Å². The quantitative estimate of drug-likeness (QED) is 0.423. The fourth-order valence-electron chi connectivity index (χ4n) is 3.02. The molecule has 0 aliphatic carbocycles. The molecule has 5 nitrogen and oxygen atoms in total. The highest BCUT2D eigenvalue weighted by Crippen LogP contribution is 2.33. The molecule has 158 valence electrons. The van der Waals surface area contributed by atoms with Crippen LogP contribution in [0.3, 0.4) is 0 Å². The summed E-state index contributed by atoms with van der Waals surface area (Å²) < 4.78 is 45.3. The predicted octanol–water partition coefficient (Wildman–Crippen LogP) is 5.93. The number of hydrogen-bond acceptors (Lipinski definition) is 3. The molecule has 0 spiro atoms. The summed E-state index contributed by atoms with van der Waals surface area (Å²) in [5.74, 6) is 0.366. The van der Waals surface area contributed by atoms with Gasteiger partial charge in [0, 0.05) is 29.2 Å². The van der Waals surface area contributed by atoms with Gasteiger partial charge in [-0.25, -0.2) is 4.98 Å². The molecule has 0 unspecified atom stereocenters. The van der Waals surface area contributed by atoms with Gasteiger partial charge in [0.1, 0.15) is 5.75 Å². The summed E-state index contributed by atoms with van der Waals surface area (Å²) in [7, 11) is 1.54. The Morgan fingerprint density at radius 1 is 1.06 bits per heavy atom. The summed E-state index contributed by atoms with van der Waals surface area (Å²) in [6.07, 6.45) is -2.09. The van der Waals surface area contributed by atoms with Gasteiger partial charge in [-0.3, -0.25) is 4.79 Å². The van der Waals surface area contributed by atoms with Crippen molar-refractivity contribution in [3.05, 3.63) is 83.1 Å². The average molecular weight is 446 g/mol. The van der Waals surface area contributed by atoms with Gasteiger partial charge in [-0.2, -0.15) is 13.2 Å². The molecule has 2 aromatic heterocycles. The number of carbonyl (C=O) groups excluding carboxylic acids is 1. The normalized spacial score (nSPS) is 11.5. The summed E-state index contributed by atoms with van der Waals surface area (Å²) in [6, 6.07) is 14.3. The number of aromatic nitrogens is 2. The van der Waals surface area contributed by atoms with Crippen LogP contribution in [0.15, 0.2) is 67.0 Å². The van der Waals surface area contributed by atoms with E-state index in [2.05, 4.69) is 10.3 Å². The Labute approximate surface area is 180 Å². The molecule has 9 heteroatoms. The lowest BCUT2D eigenvalue weighted by Gasteiger charge is -2.07. The molecule has 0 fully saturated rings. The molecule has 0 saturated heterocycles. The number of anilines is 1. The highest BCUT2D eigenvalue weighted by Gasteiger charge is 2.32. The number of hydrogen-bond donors (Lipinski definition) is 1. The third-order valence-corrected chi connectivity index (χ3v) is 4.90. The van der Waals surface area contributed by atoms with Crippen LogP contribution in [0.1, 0.15) is 15.9 Å². The zero-order valence-electron chi connectivity index (χ0n) is 16.1. The Kier molecular flexibility index (Phi) is 5.32. The smallest absolute Gasteiger partial charge is 0.417 e. The lowest BCUT2D eigenvalue weighted by molar-refractivity contribution is -0.137. The molecular formula is C22H15ClF3N3O2. The van der Waals surface area contributed by atoms with Gasteiger partial charge in [0.2, 0.25) is 0 Å². The SMILES string of the molecule is COc1ccc(C(=O)Nc2ccc(-c3cn4cc(C(F)(F)F)cc(Cl)c4n3)cc2)cc1. The van der Waals surface area contributed by atoms with E-state index in [4.69, 9.17) is 16.3 Å². The van der Waals surface area contributed by atoms with Crippen LogP contribution in [0, 0.1) is 0 Å². The lowest BCUT2D eigenvalue weighted by atomic mass is 10.1. The highest BCUT2D eigenvalue weighted by atomic mass is 35.5. The molecule has 1 N–H and O–H groups in total. The molecule has 31 heavy (non-hydrogen) atoms. The number of amides is 1. The number of alkyl halides is 3. The minimum atomic E-state index is -4.51. The van der Waals surface area contributed by atoms with Crippen LogP contribution in [0.4, 0.5) is 18.9 Å². The molecule has 0 bridgehead atoms. The standard InChI is InChI=1S/C22H15ClF3N3O2/c1-31-17-8-4-14(5-9-17)21(30)27-16-6-2-13(3-7-16)19-12-29-11-15(22(24,25)26)10-18(23)20(29)28-19/h2-12H,1H3,(H,27,30). The molecule has 4 aromatic rings. The second kappa shape index (κ2) is 7.96. The number of rotatable bonds is 4. The molecule has 0 aliphatic heterocycles. The number of ether oxygens (including phenoxy) is 1. The van der Waals surface area contributed by atoms with Crippen molar-refractivity contribution in [3.8, 4) is 17.0 Å². The molecule has 1 amide bonds. The van der Waals surface area contributed by atoms with E-state index in [1.807, 2.05) is 0 Å². The molecule has 4 rings (SSSR count). The molecule has 2 aromatic carbocycles. The van der Waals surface area contributed by atoms with Gasteiger partial charge < -0.3 is 14.5 Å². The maximum absolute atomic E-state index is 13.0. The Bertz CT molecular complexity index is 1250. The Morgan fingerprint density at radius 3 is 2.35 bits per heavy atom. The van der Waals surface area contributed by atoms with Crippen molar-refractivity contribution in [3.63, 3.8) is 0 Å². The zero-order chi connectivity index (χ0) is 22.2. The number of pyridine rings is 1. The second-order valence-electron chi connectivity index (χ2n) is 6.69. The maximum Gasteiger partial charge on any atom is 0.417 e. The van der Waals surface area contributed by atoms with Crippen molar-refractivity contribution in [1.82, 2.24) is 9.38 Å². The number of imidazole rings is 1. The Morgan fingerprint density at radius 2 is 1.74 bits per heavy atom. The van der Waals surface area contributed by atoms with Gasteiger partial charge in [-0.15, -0.1) is 0 Å².